The Morgan fingerprint density at radius 2 is 2.00 bits per heavy atom. The van der Waals surface area contributed by atoms with Crippen molar-refractivity contribution in [1.82, 2.24) is 10.3 Å². The molecule has 0 fully saturated rings. The summed E-state index contributed by atoms with van der Waals surface area (Å²) in [5.74, 6) is 0.389. The van der Waals surface area contributed by atoms with E-state index in [9.17, 15) is 4.79 Å². The molecule has 2 N–H and O–H groups in total. The average molecular weight is 368 g/mol. The van der Waals surface area contributed by atoms with Crippen LogP contribution in [0.2, 0.25) is 0 Å². The van der Waals surface area contributed by atoms with Crippen molar-refractivity contribution in [2.75, 3.05) is 13.2 Å². The number of rotatable bonds is 7. The van der Waals surface area contributed by atoms with Gasteiger partial charge in [0.15, 0.2) is 0 Å². The van der Waals surface area contributed by atoms with E-state index in [0.717, 1.165) is 21.1 Å². The molecule has 1 amide bonds. The number of amides is 1. The number of carbonyl (C=O) groups is 1. The number of nitrogens with zero attached hydrogens (tertiary/aromatic N) is 1. The van der Waals surface area contributed by atoms with Crippen LogP contribution in [0.3, 0.4) is 0 Å². The van der Waals surface area contributed by atoms with E-state index in [4.69, 9.17) is 9.84 Å². The molecular formula is C20H20N2O3S. The van der Waals surface area contributed by atoms with Crippen LogP contribution in [0.25, 0.3) is 10.6 Å². The number of aliphatic hydroxyl groups is 1. The van der Waals surface area contributed by atoms with Crippen molar-refractivity contribution in [2.45, 2.75) is 13.5 Å². The van der Waals surface area contributed by atoms with Crippen molar-refractivity contribution in [3.63, 3.8) is 0 Å². The van der Waals surface area contributed by atoms with Crippen LogP contribution in [0.1, 0.15) is 20.9 Å². The van der Waals surface area contributed by atoms with Crippen LogP contribution in [-0.4, -0.2) is 29.1 Å². The van der Waals surface area contributed by atoms with E-state index in [-0.39, 0.29) is 19.1 Å². The molecule has 134 valence electrons. The predicted octanol–water partition coefficient (Wildman–Crippen LogP) is 3.42. The smallest absolute Gasteiger partial charge is 0.251 e. The molecule has 0 saturated heterocycles. The second kappa shape index (κ2) is 8.60. The molecule has 0 unspecified atom stereocenters. The van der Waals surface area contributed by atoms with E-state index in [1.165, 1.54) is 0 Å². The lowest BCUT2D eigenvalue weighted by Gasteiger charge is -2.08. The molecule has 3 rings (SSSR count). The summed E-state index contributed by atoms with van der Waals surface area (Å²) >= 11 is 1.61. The minimum absolute atomic E-state index is 0.0870. The zero-order chi connectivity index (χ0) is 18.4. The van der Waals surface area contributed by atoms with Crippen molar-refractivity contribution < 1.29 is 14.6 Å². The third-order valence-electron chi connectivity index (χ3n) is 3.78. The second-order valence-corrected chi connectivity index (χ2v) is 6.77. The van der Waals surface area contributed by atoms with Crippen LogP contribution in [0, 0.1) is 6.92 Å². The van der Waals surface area contributed by atoms with Crippen LogP contribution in [0.5, 0.6) is 5.75 Å². The number of carbonyl (C=O) groups excluding carboxylic acids is 1. The van der Waals surface area contributed by atoms with Gasteiger partial charge < -0.3 is 15.2 Å². The number of thiazole rings is 1. The van der Waals surface area contributed by atoms with Crippen molar-refractivity contribution in [2.24, 2.45) is 0 Å². The van der Waals surface area contributed by atoms with Crippen LogP contribution in [0.4, 0.5) is 0 Å². The van der Waals surface area contributed by atoms with E-state index < -0.39 is 0 Å². The Bertz CT molecular complexity index is 878. The summed E-state index contributed by atoms with van der Waals surface area (Å²) in [4.78, 5) is 17.6. The zero-order valence-electron chi connectivity index (χ0n) is 14.4. The number of aryl methyl sites for hydroxylation is 1. The SMILES string of the molecule is Cc1nc(-c2ccccc2)sc1COc1cccc(C(=O)NCCO)c1. The average Bonchev–Trinajstić information content (AvgIpc) is 3.06. The molecule has 0 aliphatic rings. The third-order valence-corrected chi connectivity index (χ3v) is 4.96. The molecule has 2 aromatic carbocycles. The Labute approximate surface area is 156 Å². The molecule has 1 heterocycles. The third kappa shape index (κ3) is 4.47. The summed E-state index contributed by atoms with van der Waals surface area (Å²) < 4.78 is 5.86. The van der Waals surface area contributed by atoms with Crippen molar-refractivity contribution >= 4 is 17.2 Å². The molecule has 26 heavy (non-hydrogen) atoms. The number of aliphatic hydroxyl groups excluding tert-OH is 1. The summed E-state index contributed by atoms with van der Waals surface area (Å²) in [6.07, 6.45) is 0. The summed E-state index contributed by atoms with van der Waals surface area (Å²) in [5.41, 5.74) is 2.54. The minimum Gasteiger partial charge on any atom is -0.488 e. The number of benzene rings is 2. The number of nitrogens with one attached hydrogen (secondary N) is 1. The molecule has 1 aromatic heterocycles. The van der Waals surface area contributed by atoms with Crippen LogP contribution >= 0.6 is 11.3 Å². The van der Waals surface area contributed by atoms with Gasteiger partial charge in [0.25, 0.3) is 5.91 Å². The van der Waals surface area contributed by atoms with E-state index in [0.29, 0.717) is 17.9 Å². The maximum Gasteiger partial charge on any atom is 0.251 e. The van der Waals surface area contributed by atoms with Gasteiger partial charge in [-0.2, -0.15) is 0 Å². The Balaban J connectivity index is 1.68. The highest BCUT2D eigenvalue weighted by molar-refractivity contribution is 7.15. The maximum atomic E-state index is 12.0. The van der Waals surface area contributed by atoms with E-state index in [2.05, 4.69) is 10.3 Å². The van der Waals surface area contributed by atoms with Gasteiger partial charge in [0, 0.05) is 17.7 Å². The van der Waals surface area contributed by atoms with Gasteiger partial charge in [-0.15, -0.1) is 11.3 Å². The highest BCUT2D eigenvalue weighted by Gasteiger charge is 2.11. The molecule has 0 aliphatic heterocycles. The molecule has 0 spiro atoms. The standard InChI is InChI=1S/C20H20N2O3S/c1-14-18(26-20(22-14)15-6-3-2-4-7-15)13-25-17-9-5-8-16(12-17)19(24)21-10-11-23/h2-9,12,23H,10-11,13H2,1H3,(H,21,24). The molecule has 5 nitrogen and oxygen atoms in total. The molecule has 0 radical (unpaired) electrons. The van der Waals surface area contributed by atoms with E-state index in [1.54, 1.807) is 29.5 Å². The Kier molecular flexibility index (Phi) is 5.99. The second-order valence-electron chi connectivity index (χ2n) is 5.69. The highest BCUT2D eigenvalue weighted by atomic mass is 32.1. The quantitative estimate of drug-likeness (QED) is 0.670. The van der Waals surface area contributed by atoms with Gasteiger partial charge in [0.1, 0.15) is 17.4 Å². The molecule has 6 heteroatoms. The van der Waals surface area contributed by atoms with Crippen LogP contribution in [-0.2, 0) is 6.61 Å². The molecule has 0 atom stereocenters. The Morgan fingerprint density at radius 1 is 1.19 bits per heavy atom. The number of aromatic nitrogens is 1. The van der Waals surface area contributed by atoms with Crippen molar-refractivity contribution in [1.29, 1.82) is 0 Å². The summed E-state index contributed by atoms with van der Waals surface area (Å²) in [5, 5.41) is 12.4. The largest absolute Gasteiger partial charge is 0.488 e. The molecular weight excluding hydrogens is 348 g/mol. The summed E-state index contributed by atoms with van der Waals surface area (Å²) in [6, 6.07) is 17.1. The first-order valence-corrected chi connectivity index (χ1v) is 9.12. The first-order chi connectivity index (χ1) is 12.7. The first-order valence-electron chi connectivity index (χ1n) is 8.31. The monoisotopic (exact) mass is 368 g/mol. The predicted molar refractivity (Wildman–Crippen MR) is 102 cm³/mol. The van der Waals surface area contributed by atoms with Crippen LogP contribution < -0.4 is 10.1 Å². The minimum atomic E-state index is -0.232. The Hall–Kier alpha value is -2.70. The lowest BCUT2D eigenvalue weighted by molar-refractivity contribution is 0.0944. The number of hydrogen-bond donors (Lipinski definition) is 2. The van der Waals surface area contributed by atoms with E-state index >= 15 is 0 Å². The lowest BCUT2D eigenvalue weighted by atomic mass is 10.2. The van der Waals surface area contributed by atoms with E-state index in [1.807, 2.05) is 43.3 Å². The summed E-state index contributed by atoms with van der Waals surface area (Å²) in [6.45, 7) is 2.51. The van der Waals surface area contributed by atoms with Gasteiger partial charge in [-0.05, 0) is 25.1 Å². The fraction of sp³-hybridized carbons (Fsp3) is 0.200. The molecule has 3 aromatic rings. The molecule has 0 saturated carbocycles. The van der Waals surface area contributed by atoms with Gasteiger partial charge in [0.2, 0.25) is 0 Å². The van der Waals surface area contributed by atoms with Gasteiger partial charge in [-0.1, -0.05) is 36.4 Å². The first kappa shape index (κ1) is 18.1. The topological polar surface area (TPSA) is 71.5 Å². The lowest BCUT2D eigenvalue weighted by Crippen LogP contribution is -2.26. The zero-order valence-corrected chi connectivity index (χ0v) is 15.3. The van der Waals surface area contributed by atoms with Gasteiger partial charge in [0.05, 0.1) is 17.2 Å². The van der Waals surface area contributed by atoms with Gasteiger partial charge in [-0.25, -0.2) is 4.98 Å². The van der Waals surface area contributed by atoms with Crippen molar-refractivity contribution in [3.05, 3.63) is 70.7 Å². The Morgan fingerprint density at radius 3 is 2.77 bits per heavy atom. The maximum absolute atomic E-state index is 12.0. The number of ether oxygens (including phenoxy) is 1. The fourth-order valence-corrected chi connectivity index (χ4v) is 3.39. The number of hydrogen-bond acceptors (Lipinski definition) is 5. The fourth-order valence-electron chi connectivity index (χ4n) is 2.41. The summed E-state index contributed by atoms with van der Waals surface area (Å²) in [7, 11) is 0. The molecule has 0 aliphatic carbocycles. The highest BCUT2D eigenvalue weighted by Crippen LogP contribution is 2.28. The molecule has 0 bridgehead atoms. The normalized spacial score (nSPS) is 10.5. The van der Waals surface area contributed by atoms with Crippen molar-refractivity contribution in [3.8, 4) is 16.3 Å². The van der Waals surface area contributed by atoms with Gasteiger partial charge in [-0.3, -0.25) is 4.79 Å². The van der Waals surface area contributed by atoms with Gasteiger partial charge >= 0.3 is 0 Å². The van der Waals surface area contributed by atoms with Crippen LogP contribution in [0.15, 0.2) is 54.6 Å².